The Kier molecular flexibility index (Phi) is 7.87. The molecule has 1 fully saturated rings. The maximum absolute atomic E-state index is 12.4. The van der Waals surface area contributed by atoms with Gasteiger partial charge in [-0.15, -0.1) is 0 Å². The van der Waals surface area contributed by atoms with Crippen LogP contribution in [0, 0.1) is 5.92 Å². The van der Waals surface area contributed by atoms with Gasteiger partial charge < -0.3 is 20.1 Å². The fourth-order valence-corrected chi connectivity index (χ4v) is 3.28. The minimum Gasteiger partial charge on any atom is -0.444 e. The van der Waals surface area contributed by atoms with E-state index in [9.17, 15) is 9.59 Å². The molecule has 0 radical (unpaired) electrons. The molecule has 0 saturated heterocycles. The van der Waals surface area contributed by atoms with Crippen molar-refractivity contribution in [3.63, 3.8) is 0 Å². The first-order chi connectivity index (χ1) is 13.1. The first-order valence-corrected chi connectivity index (χ1v) is 10.1. The molecule has 2 amide bonds. The highest BCUT2D eigenvalue weighted by Crippen LogP contribution is 2.26. The number of hydrogen-bond acceptors (Lipinski definition) is 4. The molecule has 6 nitrogen and oxygen atoms in total. The van der Waals surface area contributed by atoms with E-state index < -0.39 is 17.7 Å². The number of anilines is 1. The summed E-state index contributed by atoms with van der Waals surface area (Å²) >= 11 is 0. The van der Waals surface area contributed by atoms with Crippen LogP contribution in [0.1, 0.15) is 65.9 Å². The van der Waals surface area contributed by atoms with Crippen molar-refractivity contribution in [3.05, 3.63) is 29.8 Å². The van der Waals surface area contributed by atoms with E-state index in [0.717, 1.165) is 24.3 Å². The Morgan fingerprint density at radius 2 is 2.00 bits per heavy atom. The van der Waals surface area contributed by atoms with Crippen LogP contribution in [-0.2, 0) is 20.9 Å². The van der Waals surface area contributed by atoms with Crippen molar-refractivity contribution in [2.75, 3.05) is 5.32 Å². The molecular formula is C22H34N2O4. The third-order valence-electron chi connectivity index (χ3n) is 4.70. The molecule has 2 rings (SSSR count). The molecule has 156 valence electrons. The van der Waals surface area contributed by atoms with E-state index in [4.69, 9.17) is 9.47 Å². The molecule has 1 aliphatic rings. The van der Waals surface area contributed by atoms with Crippen molar-refractivity contribution in [1.82, 2.24) is 5.32 Å². The second-order valence-corrected chi connectivity index (χ2v) is 8.76. The fraction of sp³-hybridized carbons (Fsp3) is 0.636. The molecule has 1 saturated carbocycles. The summed E-state index contributed by atoms with van der Waals surface area (Å²) in [5, 5.41) is 5.38. The molecule has 0 spiro atoms. The van der Waals surface area contributed by atoms with E-state index in [2.05, 4.69) is 17.6 Å². The zero-order chi connectivity index (χ0) is 20.7. The minimum absolute atomic E-state index is 0.301. The number of rotatable bonds is 6. The average molecular weight is 391 g/mol. The van der Waals surface area contributed by atoms with Crippen LogP contribution in [0.3, 0.4) is 0 Å². The van der Waals surface area contributed by atoms with Crippen molar-refractivity contribution in [3.8, 4) is 0 Å². The second-order valence-electron chi connectivity index (χ2n) is 8.76. The van der Waals surface area contributed by atoms with Gasteiger partial charge in [-0.05, 0) is 64.2 Å². The first kappa shape index (κ1) is 22.2. The zero-order valence-corrected chi connectivity index (χ0v) is 17.7. The third kappa shape index (κ3) is 7.89. The lowest BCUT2D eigenvalue weighted by Crippen LogP contribution is -2.43. The molecule has 0 aliphatic heterocycles. The molecule has 2 unspecified atom stereocenters. The number of hydrogen-bond donors (Lipinski definition) is 2. The van der Waals surface area contributed by atoms with Gasteiger partial charge in [-0.1, -0.05) is 31.9 Å². The summed E-state index contributed by atoms with van der Waals surface area (Å²) in [5.41, 5.74) is 1.09. The summed E-state index contributed by atoms with van der Waals surface area (Å²) in [6.07, 6.45) is 4.46. The lowest BCUT2D eigenvalue weighted by Gasteiger charge is -2.26. The summed E-state index contributed by atoms with van der Waals surface area (Å²) in [4.78, 5) is 24.2. The standard InChI is InChI=1S/C22H34N2O4/c1-15-8-6-11-19(12-15)27-14-17-9-7-10-18(13-17)24-20(25)16(2)23-21(26)28-22(3,4)5/h7,9-10,13,15-16,19H,6,8,11-12,14H2,1-5H3,(H,23,26)(H,24,25)/t15?,16-,19?/m1/s1. The van der Waals surface area contributed by atoms with E-state index in [1.165, 1.54) is 12.8 Å². The van der Waals surface area contributed by atoms with Gasteiger partial charge in [0.25, 0.3) is 0 Å². The molecule has 2 N–H and O–H groups in total. The van der Waals surface area contributed by atoms with Crippen LogP contribution in [0.2, 0.25) is 0 Å². The van der Waals surface area contributed by atoms with Gasteiger partial charge in [-0.3, -0.25) is 4.79 Å². The van der Waals surface area contributed by atoms with Crippen molar-refractivity contribution in [1.29, 1.82) is 0 Å². The van der Waals surface area contributed by atoms with Crippen molar-refractivity contribution in [2.24, 2.45) is 5.92 Å². The Balaban J connectivity index is 1.84. The van der Waals surface area contributed by atoms with Crippen LogP contribution >= 0.6 is 0 Å². The minimum atomic E-state index is -0.710. The SMILES string of the molecule is CC1CCCC(OCc2cccc(NC(=O)[C@@H](C)NC(=O)OC(C)(C)C)c2)C1. The van der Waals surface area contributed by atoms with Crippen LogP contribution in [0.4, 0.5) is 10.5 Å². The summed E-state index contributed by atoms with van der Waals surface area (Å²) in [6.45, 7) is 9.76. The van der Waals surface area contributed by atoms with Gasteiger partial charge in [0.05, 0.1) is 12.7 Å². The third-order valence-corrected chi connectivity index (χ3v) is 4.70. The molecule has 0 heterocycles. The first-order valence-electron chi connectivity index (χ1n) is 10.1. The van der Waals surface area contributed by atoms with E-state index in [-0.39, 0.29) is 5.91 Å². The molecular weight excluding hydrogens is 356 g/mol. The fourth-order valence-electron chi connectivity index (χ4n) is 3.28. The smallest absolute Gasteiger partial charge is 0.408 e. The topological polar surface area (TPSA) is 76.7 Å². The Labute approximate surface area is 168 Å². The molecule has 28 heavy (non-hydrogen) atoms. The Morgan fingerprint density at radius 1 is 1.25 bits per heavy atom. The number of carbonyl (C=O) groups excluding carboxylic acids is 2. The van der Waals surface area contributed by atoms with Gasteiger partial charge in [-0.2, -0.15) is 0 Å². The second kappa shape index (κ2) is 9.92. The predicted octanol–water partition coefficient (Wildman–Crippen LogP) is 4.63. The lowest BCUT2D eigenvalue weighted by atomic mass is 9.89. The van der Waals surface area contributed by atoms with E-state index in [1.54, 1.807) is 27.7 Å². The van der Waals surface area contributed by atoms with Gasteiger partial charge in [0.15, 0.2) is 0 Å². The van der Waals surface area contributed by atoms with Crippen molar-refractivity contribution in [2.45, 2.75) is 84.7 Å². The number of nitrogens with one attached hydrogen (secondary N) is 2. The number of carbonyl (C=O) groups is 2. The highest BCUT2D eigenvalue weighted by atomic mass is 16.6. The lowest BCUT2D eigenvalue weighted by molar-refractivity contribution is -0.117. The van der Waals surface area contributed by atoms with Crippen LogP contribution in [0.25, 0.3) is 0 Å². The summed E-state index contributed by atoms with van der Waals surface area (Å²) < 4.78 is 11.2. The summed E-state index contributed by atoms with van der Waals surface area (Å²) in [6, 6.07) is 6.90. The van der Waals surface area contributed by atoms with Gasteiger partial charge in [0.2, 0.25) is 5.91 Å². The number of alkyl carbamates (subject to hydrolysis) is 1. The summed E-state index contributed by atoms with van der Waals surface area (Å²) in [5.74, 6) is 0.424. The largest absolute Gasteiger partial charge is 0.444 e. The number of benzene rings is 1. The monoisotopic (exact) mass is 390 g/mol. The molecule has 1 aliphatic carbocycles. The quantitative estimate of drug-likeness (QED) is 0.742. The maximum Gasteiger partial charge on any atom is 0.408 e. The number of amides is 2. The molecule has 1 aromatic rings. The number of ether oxygens (including phenoxy) is 2. The predicted molar refractivity (Wildman–Crippen MR) is 110 cm³/mol. The maximum atomic E-state index is 12.4. The molecule has 6 heteroatoms. The van der Waals surface area contributed by atoms with Gasteiger partial charge in [0.1, 0.15) is 11.6 Å². The average Bonchev–Trinajstić information content (AvgIpc) is 2.58. The Hall–Kier alpha value is -2.08. The van der Waals surface area contributed by atoms with Crippen LogP contribution in [0.15, 0.2) is 24.3 Å². The van der Waals surface area contributed by atoms with E-state index in [0.29, 0.717) is 18.4 Å². The summed E-state index contributed by atoms with van der Waals surface area (Å²) in [7, 11) is 0. The van der Waals surface area contributed by atoms with Gasteiger partial charge >= 0.3 is 6.09 Å². The Bertz CT molecular complexity index is 669. The molecule has 3 atom stereocenters. The van der Waals surface area contributed by atoms with Crippen molar-refractivity contribution >= 4 is 17.7 Å². The molecule has 0 aromatic heterocycles. The zero-order valence-electron chi connectivity index (χ0n) is 17.7. The van der Waals surface area contributed by atoms with Gasteiger partial charge in [-0.25, -0.2) is 4.79 Å². The Morgan fingerprint density at radius 3 is 2.68 bits per heavy atom. The van der Waals surface area contributed by atoms with Crippen LogP contribution < -0.4 is 10.6 Å². The highest BCUT2D eigenvalue weighted by Gasteiger charge is 2.21. The normalized spacial score (nSPS) is 20.9. The van der Waals surface area contributed by atoms with E-state index >= 15 is 0 Å². The molecule has 0 bridgehead atoms. The van der Waals surface area contributed by atoms with Crippen LogP contribution in [0.5, 0.6) is 0 Å². The van der Waals surface area contributed by atoms with Crippen molar-refractivity contribution < 1.29 is 19.1 Å². The van der Waals surface area contributed by atoms with Crippen LogP contribution in [-0.4, -0.2) is 29.7 Å². The van der Waals surface area contributed by atoms with E-state index in [1.807, 2.05) is 24.3 Å². The van der Waals surface area contributed by atoms with Gasteiger partial charge in [0, 0.05) is 5.69 Å². The highest BCUT2D eigenvalue weighted by molar-refractivity contribution is 5.96. The molecule has 1 aromatic carbocycles.